The van der Waals surface area contributed by atoms with Crippen molar-refractivity contribution >= 4 is 0 Å². The zero-order chi connectivity index (χ0) is 10.8. The normalized spacial score (nSPS) is 27.6. The molecule has 0 radical (unpaired) electrons. The first-order valence-electron chi connectivity index (χ1n) is 5.93. The Labute approximate surface area is 89.1 Å². The predicted octanol–water partition coefficient (Wildman–Crippen LogP) is 2.10. The Morgan fingerprint density at radius 1 is 1.43 bits per heavy atom. The standard InChI is InChI=1S/C12H26N2/c1-6-10(2)11-9-14(8-7-13-11)12(3,4)5/h10-11,13H,6-9H2,1-5H3. The van der Waals surface area contributed by atoms with E-state index in [9.17, 15) is 0 Å². The maximum atomic E-state index is 3.63. The molecule has 84 valence electrons. The van der Waals surface area contributed by atoms with Gasteiger partial charge in [-0.2, -0.15) is 0 Å². The van der Waals surface area contributed by atoms with Gasteiger partial charge in [0.2, 0.25) is 0 Å². The lowest BCUT2D eigenvalue weighted by Gasteiger charge is -2.43. The van der Waals surface area contributed by atoms with Crippen molar-refractivity contribution in [3.63, 3.8) is 0 Å². The van der Waals surface area contributed by atoms with Gasteiger partial charge in [0.05, 0.1) is 0 Å². The van der Waals surface area contributed by atoms with Crippen LogP contribution in [0.4, 0.5) is 0 Å². The summed E-state index contributed by atoms with van der Waals surface area (Å²) in [6.07, 6.45) is 1.27. The van der Waals surface area contributed by atoms with Crippen molar-refractivity contribution in [2.75, 3.05) is 19.6 Å². The van der Waals surface area contributed by atoms with Crippen molar-refractivity contribution < 1.29 is 0 Å². The third kappa shape index (κ3) is 2.96. The minimum absolute atomic E-state index is 0.327. The van der Waals surface area contributed by atoms with Gasteiger partial charge in [-0.25, -0.2) is 0 Å². The molecule has 1 aliphatic rings. The molecule has 0 aromatic rings. The molecule has 1 rings (SSSR count). The summed E-state index contributed by atoms with van der Waals surface area (Å²) in [5.74, 6) is 0.792. The molecule has 14 heavy (non-hydrogen) atoms. The zero-order valence-electron chi connectivity index (χ0n) is 10.4. The highest BCUT2D eigenvalue weighted by molar-refractivity contribution is 4.87. The van der Waals surface area contributed by atoms with Crippen LogP contribution in [0.2, 0.25) is 0 Å². The van der Waals surface area contributed by atoms with Crippen LogP contribution in [0.5, 0.6) is 0 Å². The molecule has 2 atom stereocenters. The number of rotatable bonds is 2. The van der Waals surface area contributed by atoms with E-state index in [1.54, 1.807) is 0 Å². The molecule has 2 nitrogen and oxygen atoms in total. The Kier molecular flexibility index (Phi) is 3.96. The summed E-state index contributed by atoms with van der Waals surface area (Å²) in [6.45, 7) is 15.1. The van der Waals surface area contributed by atoms with Gasteiger partial charge in [0.1, 0.15) is 0 Å². The minimum Gasteiger partial charge on any atom is -0.311 e. The zero-order valence-corrected chi connectivity index (χ0v) is 10.4. The Morgan fingerprint density at radius 2 is 2.07 bits per heavy atom. The van der Waals surface area contributed by atoms with Crippen LogP contribution in [-0.4, -0.2) is 36.1 Å². The summed E-state index contributed by atoms with van der Waals surface area (Å²) in [5, 5.41) is 3.63. The van der Waals surface area contributed by atoms with Crippen LogP contribution in [0.1, 0.15) is 41.0 Å². The van der Waals surface area contributed by atoms with Crippen molar-refractivity contribution in [3.8, 4) is 0 Å². The molecule has 0 aliphatic carbocycles. The maximum absolute atomic E-state index is 3.63. The molecule has 0 bridgehead atoms. The molecule has 2 heteroatoms. The van der Waals surface area contributed by atoms with E-state index in [-0.39, 0.29) is 0 Å². The van der Waals surface area contributed by atoms with Crippen molar-refractivity contribution in [1.82, 2.24) is 10.2 Å². The fraction of sp³-hybridized carbons (Fsp3) is 1.00. The van der Waals surface area contributed by atoms with Gasteiger partial charge in [0.15, 0.2) is 0 Å². The average molecular weight is 198 g/mol. The van der Waals surface area contributed by atoms with Gasteiger partial charge in [0, 0.05) is 31.2 Å². The van der Waals surface area contributed by atoms with E-state index in [2.05, 4.69) is 44.8 Å². The fourth-order valence-electron chi connectivity index (χ4n) is 2.05. The van der Waals surface area contributed by atoms with Crippen LogP contribution in [-0.2, 0) is 0 Å². The second-order valence-electron chi connectivity index (χ2n) is 5.56. The maximum Gasteiger partial charge on any atom is 0.0221 e. The lowest BCUT2D eigenvalue weighted by Crippen LogP contribution is -2.58. The Balaban J connectivity index is 2.52. The van der Waals surface area contributed by atoms with Crippen LogP contribution < -0.4 is 5.32 Å². The lowest BCUT2D eigenvalue weighted by atomic mass is 9.94. The minimum atomic E-state index is 0.327. The van der Waals surface area contributed by atoms with Gasteiger partial charge in [0.25, 0.3) is 0 Å². The van der Waals surface area contributed by atoms with Crippen LogP contribution >= 0.6 is 0 Å². The second kappa shape index (κ2) is 4.63. The molecule has 1 N–H and O–H groups in total. The molecule has 1 saturated heterocycles. The molecule has 1 heterocycles. The van der Waals surface area contributed by atoms with Gasteiger partial charge >= 0.3 is 0 Å². The topological polar surface area (TPSA) is 15.3 Å². The Morgan fingerprint density at radius 3 is 2.57 bits per heavy atom. The second-order valence-corrected chi connectivity index (χ2v) is 5.56. The van der Waals surface area contributed by atoms with Gasteiger partial charge in [-0.1, -0.05) is 20.3 Å². The molecular weight excluding hydrogens is 172 g/mol. The van der Waals surface area contributed by atoms with Crippen molar-refractivity contribution in [2.24, 2.45) is 5.92 Å². The van der Waals surface area contributed by atoms with Crippen molar-refractivity contribution in [1.29, 1.82) is 0 Å². The SMILES string of the molecule is CCC(C)C1CN(C(C)(C)C)CCN1. The number of hydrogen-bond donors (Lipinski definition) is 1. The van der Waals surface area contributed by atoms with Gasteiger partial charge < -0.3 is 5.32 Å². The van der Waals surface area contributed by atoms with E-state index in [0.717, 1.165) is 12.5 Å². The number of nitrogens with zero attached hydrogens (tertiary/aromatic N) is 1. The van der Waals surface area contributed by atoms with Crippen LogP contribution in [0.25, 0.3) is 0 Å². The van der Waals surface area contributed by atoms with E-state index < -0.39 is 0 Å². The molecule has 0 amide bonds. The average Bonchev–Trinajstić information content (AvgIpc) is 2.15. The molecule has 0 aromatic carbocycles. The third-order valence-corrected chi connectivity index (χ3v) is 3.48. The van der Waals surface area contributed by atoms with Crippen LogP contribution in [0, 0.1) is 5.92 Å². The van der Waals surface area contributed by atoms with Crippen LogP contribution in [0.3, 0.4) is 0 Å². The number of hydrogen-bond acceptors (Lipinski definition) is 2. The molecule has 0 spiro atoms. The van der Waals surface area contributed by atoms with E-state index in [0.29, 0.717) is 11.6 Å². The van der Waals surface area contributed by atoms with Gasteiger partial charge in [-0.05, 0) is 26.7 Å². The molecule has 1 fully saturated rings. The van der Waals surface area contributed by atoms with Crippen molar-refractivity contribution in [3.05, 3.63) is 0 Å². The highest BCUT2D eigenvalue weighted by atomic mass is 15.2. The largest absolute Gasteiger partial charge is 0.311 e. The fourth-order valence-corrected chi connectivity index (χ4v) is 2.05. The van der Waals surface area contributed by atoms with E-state index in [1.165, 1.54) is 19.5 Å². The van der Waals surface area contributed by atoms with Crippen molar-refractivity contribution in [2.45, 2.75) is 52.6 Å². The lowest BCUT2D eigenvalue weighted by molar-refractivity contribution is 0.0809. The first kappa shape index (κ1) is 12.0. The number of nitrogens with one attached hydrogen (secondary N) is 1. The summed E-state index contributed by atoms with van der Waals surface area (Å²) >= 11 is 0. The summed E-state index contributed by atoms with van der Waals surface area (Å²) in [4.78, 5) is 2.60. The van der Waals surface area contributed by atoms with Crippen LogP contribution in [0.15, 0.2) is 0 Å². The highest BCUT2D eigenvalue weighted by Gasteiger charge is 2.29. The predicted molar refractivity (Wildman–Crippen MR) is 62.6 cm³/mol. The molecule has 0 saturated carbocycles. The molecule has 1 aliphatic heterocycles. The summed E-state index contributed by atoms with van der Waals surface area (Å²) in [6, 6.07) is 0.688. The van der Waals surface area contributed by atoms with Gasteiger partial charge in [-0.15, -0.1) is 0 Å². The number of piperazine rings is 1. The molecular formula is C12H26N2. The monoisotopic (exact) mass is 198 g/mol. The van der Waals surface area contributed by atoms with E-state index in [4.69, 9.17) is 0 Å². The summed E-state index contributed by atoms with van der Waals surface area (Å²) in [5.41, 5.74) is 0.327. The highest BCUT2D eigenvalue weighted by Crippen LogP contribution is 2.19. The van der Waals surface area contributed by atoms with E-state index >= 15 is 0 Å². The third-order valence-electron chi connectivity index (χ3n) is 3.48. The van der Waals surface area contributed by atoms with Gasteiger partial charge in [-0.3, -0.25) is 4.90 Å². The smallest absolute Gasteiger partial charge is 0.0221 e. The molecule has 2 unspecified atom stereocenters. The van der Waals surface area contributed by atoms with E-state index in [1.807, 2.05) is 0 Å². The first-order chi connectivity index (χ1) is 6.45. The summed E-state index contributed by atoms with van der Waals surface area (Å²) in [7, 11) is 0. The summed E-state index contributed by atoms with van der Waals surface area (Å²) < 4.78 is 0. The Bertz CT molecular complexity index is 172. The quantitative estimate of drug-likeness (QED) is 0.731. The first-order valence-corrected chi connectivity index (χ1v) is 5.93. The molecule has 0 aromatic heterocycles. The Hall–Kier alpha value is -0.0800.